The summed E-state index contributed by atoms with van der Waals surface area (Å²) in [4.78, 5) is 19.8. The fourth-order valence-corrected chi connectivity index (χ4v) is 1.10. The van der Waals surface area contributed by atoms with Crippen molar-refractivity contribution in [1.82, 2.24) is 10.5 Å². The van der Waals surface area contributed by atoms with Crippen LogP contribution in [0.4, 0.5) is 0 Å². The summed E-state index contributed by atoms with van der Waals surface area (Å²) in [6.07, 6.45) is 0. The van der Waals surface area contributed by atoms with Crippen LogP contribution in [0.3, 0.4) is 0 Å². The molecule has 4 nitrogen and oxygen atoms in total. The number of hydrogen-bond donors (Lipinski definition) is 1. The van der Waals surface area contributed by atoms with Crippen molar-refractivity contribution in [3.63, 3.8) is 0 Å². The number of hydrogen-bond acceptors (Lipinski definition) is 3. The Balaban J connectivity index is 2.83. The smallest absolute Gasteiger partial charge is 0.274 e. The summed E-state index contributed by atoms with van der Waals surface area (Å²) in [5, 5.41) is 0.433. The molecule has 1 rings (SSSR count). The number of nitrogens with one attached hydrogen (secondary N) is 1. The van der Waals surface area contributed by atoms with Gasteiger partial charge in [-0.3, -0.25) is 9.63 Å². The molecule has 0 aliphatic heterocycles. The fraction of sp³-hybridized carbons (Fsp3) is 0.250. The molecular formula is C8H8Cl2N2O2. The summed E-state index contributed by atoms with van der Waals surface area (Å²) in [5.74, 6) is -0.514. The first kappa shape index (κ1) is 11.2. The number of aromatic nitrogens is 1. The van der Waals surface area contributed by atoms with Crippen molar-refractivity contribution in [2.75, 3.05) is 6.61 Å². The molecule has 0 atom stereocenters. The third kappa shape index (κ3) is 2.83. The van der Waals surface area contributed by atoms with Gasteiger partial charge in [0.15, 0.2) is 5.69 Å². The number of halogens is 2. The van der Waals surface area contributed by atoms with E-state index in [1.165, 1.54) is 12.1 Å². The van der Waals surface area contributed by atoms with Crippen LogP contribution in [0.5, 0.6) is 0 Å². The molecule has 0 radical (unpaired) electrons. The van der Waals surface area contributed by atoms with Crippen LogP contribution in [0.25, 0.3) is 0 Å². The molecule has 0 saturated carbocycles. The van der Waals surface area contributed by atoms with Gasteiger partial charge < -0.3 is 0 Å². The number of carbonyl (C=O) groups is 1. The Morgan fingerprint density at radius 3 is 2.93 bits per heavy atom. The molecule has 6 heteroatoms. The van der Waals surface area contributed by atoms with E-state index in [2.05, 4.69) is 10.5 Å². The predicted molar refractivity (Wildman–Crippen MR) is 53.3 cm³/mol. The summed E-state index contributed by atoms with van der Waals surface area (Å²) in [7, 11) is 0. The molecule has 0 spiro atoms. The van der Waals surface area contributed by atoms with Crippen LogP contribution in [-0.2, 0) is 4.84 Å². The van der Waals surface area contributed by atoms with E-state index in [1.54, 1.807) is 6.92 Å². The van der Waals surface area contributed by atoms with Crippen LogP contribution in [-0.4, -0.2) is 17.5 Å². The van der Waals surface area contributed by atoms with E-state index in [0.717, 1.165) is 0 Å². The highest BCUT2D eigenvalue weighted by Gasteiger charge is 2.12. The van der Waals surface area contributed by atoms with Gasteiger partial charge in [-0.15, -0.1) is 0 Å². The van der Waals surface area contributed by atoms with Gasteiger partial charge in [-0.25, -0.2) is 10.5 Å². The van der Waals surface area contributed by atoms with Gasteiger partial charge in [0.1, 0.15) is 5.15 Å². The van der Waals surface area contributed by atoms with E-state index < -0.39 is 5.91 Å². The van der Waals surface area contributed by atoms with Gasteiger partial charge in [0.05, 0.1) is 11.6 Å². The van der Waals surface area contributed by atoms with Crippen molar-refractivity contribution in [3.8, 4) is 0 Å². The number of pyridine rings is 1. The van der Waals surface area contributed by atoms with Crippen molar-refractivity contribution in [1.29, 1.82) is 0 Å². The largest absolute Gasteiger partial charge is 0.295 e. The summed E-state index contributed by atoms with van der Waals surface area (Å²) in [5.41, 5.74) is 2.22. The molecule has 0 aliphatic rings. The van der Waals surface area contributed by atoms with Gasteiger partial charge in [-0.05, 0) is 19.1 Å². The maximum Gasteiger partial charge on any atom is 0.295 e. The molecule has 1 aromatic rings. The molecule has 0 aliphatic carbocycles. The molecule has 14 heavy (non-hydrogen) atoms. The first-order valence-electron chi connectivity index (χ1n) is 3.89. The molecule has 1 N–H and O–H groups in total. The molecular weight excluding hydrogens is 227 g/mol. The first-order chi connectivity index (χ1) is 6.65. The zero-order valence-electron chi connectivity index (χ0n) is 7.38. The Kier molecular flexibility index (Phi) is 4.13. The molecule has 76 valence electrons. The Morgan fingerprint density at radius 2 is 2.29 bits per heavy atom. The molecule has 0 fully saturated rings. The van der Waals surface area contributed by atoms with Crippen molar-refractivity contribution in [2.24, 2.45) is 0 Å². The molecule has 1 amide bonds. The van der Waals surface area contributed by atoms with Crippen molar-refractivity contribution in [3.05, 3.63) is 28.0 Å². The van der Waals surface area contributed by atoms with Crippen molar-refractivity contribution in [2.45, 2.75) is 6.92 Å². The monoisotopic (exact) mass is 234 g/mol. The zero-order valence-corrected chi connectivity index (χ0v) is 8.89. The second kappa shape index (κ2) is 5.14. The molecule has 1 aromatic heterocycles. The number of amides is 1. The molecule has 0 saturated heterocycles. The van der Waals surface area contributed by atoms with Crippen molar-refractivity contribution >= 4 is 29.1 Å². The standard InChI is InChI=1S/C8H8Cl2N2O2/c1-2-14-12-8(13)7-5(9)3-4-6(10)11-7/h3-4H,2H2,1H3,(H,12,13). The Hall–Kier alpha value is -0.840. The van der Waals surface area contributed by atoms with E-state index in [4.69, 9.17) is 28.0 Å². The van der Waals surface area contributed by atoms with Gasteiger partial charge in [0, 0.05) is 0 Å². The van der Waals surface area contributed by atoms with Gasteiger partial charge in [0.2, 0.25) is 0 Å². The lowest BCUT2D eigenvalue weighted by atomic mass is 10.3. The summed E-state index contributed by atoms with van der Waals surface area (Å²) < 4.78 is 0. The van der Waals surface area contributed by atoms with Gasteiger partial charge in [0.25, 0.3) is 5.91 Å². The highest BCUT2D eigenvalue weighted by atomic mass is 35.5. The number of rotatable bonds is 3. The van der Waals surface area contributed by atoms with E-state index in [9.17, 15) is 4.79 Å². The van der Waals surface area contributed by atoms with E-state index in [1.807, 2.05) is 0 Å². The van der Waals surface area contributed by atoms with Gasteiger partial charge >= 0.3 is 0 Å². The maximum atomic E-state index is 11.3. The minimum Gasteiger partial charge on any atom is -0.274 e. The lowest BCUT2D eigenvalue weighted by Gasteiger charge is -2.04. The topological polar surface area (TPSA) is 51.2 Å². The minimum atomic E-state index is -0.514. The average Bonchev–Trinajstić information content (AvgIpc) is 2.18. The van der Waals surface area contributed by atoms with E-state index >= 15 is 0 Å². The minimum absolute atomic E-state index is 0.0487. The van der Waals surface area contributed by atoms with Crippen molar-refractivity contribution < 1.29 is 9.63 Å². The fourth-order valence-electron chi connectivity index (χ4n) is 0.764. The molecule has 0 bridgehead atoms. The Morgan fingerprint density at radius 1 is 1.57 bits per heavy atom. The van der Waals surface area contributed by atoms with Crippen LogP contribution >= 0.6 is 23.2 Å². The molecule has 0 unspecified atom stereocenters. The second-order valence-electron chi connectivity index (χ2n) is 2.33. The SMILES string of the molecule is CCONC(=O)c1nc(Cl)ccc1Cl. The average molecular weight is 235 g/mol. The second-order valence-corrected chi connectivity index (χ2v) is 3.12. The molecule has 1 heterocycles. The summed E-state index contributed by atoms with van der Waals surface area (Å²) in [6, 6.07) is 3.00. The van der Waals surface area contributed by atoms with E-state index in [-0.39, 0.29) is 15.9 Å². The van der Waals surface area contributed by atoms with Crippen LogP contribution < -0.4 is 5.48 Å². The highest BCUT2D eigenvalue weighted by Crippen LogP contribution is 2.16. The lowest BCUT2D eigenvalue weighted by molar-refractivity contribution is 0.0360. The van der Waals surface area contributed by atoms with E-state index in [0.29, 0.717) is 6.61 Å². The highest BCUT2D eigenvalue weighted by molar-refractivity contribution is 6.34. The third-order valence-corrected chi connectivity index (χ3v) is 1.85. The predicted octanol–water partition coefficient (Wildman–Crippen LogP) is 2.07. The lowest BCUT2D eigenvalue weighted by Crippen LogP contribution is -2.24. The first-order valence-corrected chi connectivity index (χ1v) is 4.65. The van der Waals surface area contributed by atoms with Crippen LogP contribution in [0.15, 0.2) is 12.1 Å². The zero-order chi connectivity index (χ0) is 10.6. The van der Waals surface area contributed by atoms with Crippen LogP contribution in [0.2, 0.25) is 10.2 Å². The number of nitrogens with zero attached hydrogens (tertiary/aromatic N) is 1. The normalized spacial score (nSPS) is 9.93. The number of carbonyl (C=O) groups excluding carboxylic acids is 1. The summed E-state index contributed by atoms with van der Waals surface area (Å²) in [6.45, 7) is 2.11. The van der Waals surface area contributed by atoms with Gasteiger partial charge in [-0.1, -0.05) is 23.2 Å². The maximum absolute atomic E-state index is 11.3. The third-order valence-electron chi connectivity index (χ3n) is 1.34. The Bertz CT molecular complexity index is 344. The van der Waals surface area contributed by atoms with Crippen LogP contribution in [0.1, 0.15) is 17.4 Å². The number of hydroxylamine groups is 1. The quantitative estimate of drug-likeness (QED) is 0.644. The van der Waals surface area contributed by atoms with Gasteiger partial charge in [-0.2, -0.15) is 0 Å². The molecule has 0 aromatic carbocycles. The Labute approximate surface area is 91.1 Å². The van der Waals surface area contributed by atoms with Crippen LogP contribution in [0, 0.1) is 0 Å². The summed E-state index contributed by atoms with van der Waals surface area (Å²) >= 11 is 11.3.